The number of carbonyl (C=O) groups excluding carboxylic acids is 5. The fourth-order valence-corrected chi connectivity index (χ4v) is 6.17. The maximum absolute atomic E-state index is 14.0. The first kappa shape index (κ1) is 52.4. The number of hydrogen-bond acceptors (Lipinski definition) is 11. The maximum Gasteiger partial charge on any atom is 0.326 e. The number of unbranched alkanes of at least 4 members (excludes halogenated alkanes) is 1. The summed E-state index contributed by atoms with van der Waals surface area (Å²) < 4.78 is 0. The number of hydrogen-bond donors (Lipinski definition) is 11. The van der Waals surface area contributed by atoms with E-state index in [2.05, 4.69) is 37.2 Å². The molecule has 59 heavy (non-hydrogen) atoms. The molecule has 0 heterocycles. The summed E-state index contributed by atoms with van der Waals surface area (Å²) in [7, 11) is 0. The van der Waals surface area contributed by atoms with Crippen molar-refractivity contribution >= 4 is 41.5 Å². The number of amides is 5. The number of benzene rings is 1. The van der Waals surface area contributed by atoms with Crippen LogP contribution in [-0.2, 0) is 40.0 Å². The van der Waals surface area contributed by atoms with Gasteiger partial charge < -0.3 is 58.9 Å². The Balaban J connectivity index is 3.22. The molecule has 0 bridgehead atoms. The van der Waals surface area contributed by atoms with Crippen LogP contribution in [0.2, 0.25) is 0 Å². The largest absolute Gasteiger partial charge is 0.481 e. The first-order valence-electron chi connectivity index (χ1n) is 20.7. The summed E-state index contributed by atoms with van der Waals surface area (Å²) in [6.45, 7) is 13.3. The zero-order chi connectivity index (χ0) is 44.7. The SMILES string of the molecule is CCCC[C@H](NC(=O)[C@H](C)NC(=O)[C@H](CCC(=O)O)NC(=O)[C@H](Cc1ccccc1)NC[C@H](CC(C)C)NC(=O)[C@@H](NC(=O)[C@@H](N)CCCNC(C)N)C(C)C)C(=O)O. The van der Waals surface area contributed by atoms with E-state index in [1.165, 1.54) is 6.92 Å². The van der Waals surface area contributed by atoms with Gasteiger partial charge in [0.2, 0.25) is 29.5 Å². The predicted molar refractivity (Wildman–Crippen MR) is 224 cm³/mol. The van der Waals surface area contributed by atoms with Crippen molar-refractivity contribution in [2.45, 2.75) is 155 Å². The van der Waals surface area contributed by atoms with Gasteiger partial charge >= 0.3 is 11.9 Å². The third-order valence-corrected chi connectivity index (χ3v) is 9.55. The second-order valence-electron chi connectivity index (χ2n) is 16.0. The van der Waals surface area contributed by atoms with Gasteiger partial charge in [-0.1, -0.05) is 77.8 Å². The van der Waals surface area contributed by atoms with E-state index in [0.717, 1.165) is 5.56 Å². The van der Waals surface area contributed by atoms with Gasteiger partial charge in [-0.05, 0) is 76.3 Å². The Morgan fingerprint density at radius 3 is 1.85 bits per heavy atom. The Labute approximate surface area is 348 Å². The lowest BCUT2D eigenvalue weighted by Crippen LogP contribution is -2.59. The molecule has 0 aromatic heterocycles. The molecule has 0 aliphatic heterocycles. The Hall–Kier alpha value is -4.65. The minimum Gasteiger partial charge on any atom is -0.481 e. The van der Waals surface area contributed by atoms with E-state index in [0.29, 0.717) is 38.6 Å². The van der Waals surface area contributed by atoms with Gasteiger partial charge in [0.05, 0.1) is 18.2 Å². The predicted octanol–water partition coefficient (Wildman–Crippen LogP) is 0.475. The Morgan fingerprint density at radius 1 is 0.661 bits per heavy atom. The molecule has 18 heteroatoms. The third kappa shape index (κ3) is 21.8. The van der Waals surface area contributed by atoms with Gasteiger partial charge in [0.1, 0.15) is 24.2 Å². The minimum atomic E-state index is -1.36. The standard InChI is InChI=1S/C41H71N9O9/c1-8-9-17-32(41(58)59)49-36(53)26(6)46-38(55)31(18-19-34(51)52)48-39(56)33(22-28-14-11-10-12-15-28)45-23-29(21-24(2)3)47-40(57)35(25(4)5)50-37(54)30(43)16-13-20-44-27(7)42/h10-12,14-15,24-27,29-33,35,44-45H,8-9,13,16-23,42-43H2,1-7H3,(H,46,55)(H,47,57)(H,48,56)(H,49,53)(H,50,54)(H,51,52)(H,58,59)/t26-,27?,29-,30-,31-,32-,33-,35-/m0/s1. The highest BCUT2D eigenvalue weighted by atomic mass is 16.4. The molecular formula is C41H71N9O9. The van der Waals surface area contributed by atoms with Crippen LogP contribution < -0.4 is 48.7 Å². The molecule has 0 spiro atoms. The molecule has 18 nitrogen and oxygen atoms in total. The lowest BCUT2D eigenvalue weighted by atomic mass is 9.99. The van der Waals surface area contributed by atoms with Crippen molar-refractivity contribution < 1.29 is 43.8 Å². The Morgan fingerprint density at radius 2 is 1.29 bits per heavy atom. The van der Waals surface area contributed by atoms with Crippen molar-refractivity contribution in [2.75, 3.05) is 13.1 Å². The summed E-state index contributed by atoms with van der Waals surface area (Å²) in [5.74, 6) is -5.66. The highest BCUT2D eigenvalue weighted by molar-refractivity contribution is 5.94. The van der Waals surface area contributed by atoms with Crippen molar-refractivity contribution in [1.29, 1.82) is 0 Å². The number of nitrogens with one attached hydrogen (secondary N) is 7. The van der Waals surface area contributed by atoms with Crippen molar-refractivity contribution in [2.24, 2.45) is 23.3 Å². The summed E-state index contributed by atoms with van der Waals surface area (Å²) >= 11 is 0. The quantitative estimate of drug-likeness (QED) is 0.0372. The molecule has 13 N–H and O–H groups in total. The molecule has 1 rings (SSSR count). The van der Waals surface area contributed by atoms with Gasteiger partial charge in [-0.25, -0.2) is 4.79 Å². The smallest absolute Gasteiger partial charge is 0.326 e. The van der Waals surface area contributed by atoms with Crippen molar-refractivity contribution in [3.05, 3.63) is 35.9 Å². The highest BCUT2D eigenvalue weighted by Gasteiger charge is 2.32. The van der Waals surface area contributed by atoms with Gasteiger partial charge in [0, 0.05) is 19.0 Å². The zero-order valence-electron chi connectivity index (χ0n) is 35.8. The van der Waals surface area contributed by atoms with Crippen LogP contribution in [0.3, 0.4) is 0 Å². The Bertz CT molecular complexity index is 1480. The molecule has 5 amide bonds. The summed E-state index contributed by atoms with van der Waals surface area (Å²) in [5.41, 5.74) is 12.6. The van der Waals surface area contributed by atoms with Crippen molar-refractivity contribution in [1.82, 2.24) is 37.2 Å². The zero-order valence-corrected chi connectivity index (χ0v) is 35.8. The van der Waals surface area contributed by atoms with Crippen LogP contribution in [0.15, 0.2) is 30.3 Å². The van der Waals surface area contributed by atoms with Crippen LogP contribution in [0.5, 0.6) is 0 Å². The number of nitrogens with two attached hydrogens (primary N) is 2. The van der Waals surface area contributed by atoms with E-state index in [4.69, 9.17) is 11.5 Å². The molecule has 1 aromatic carbocycles. The normalized spacial score (nSPS) is 15.4. The molecule has 334 valence electrons. The van der Waals surface area contributed by atoms with Crippen LogP contribution in [0.4, 0.5) is 0 Å². The molecule has 1 aromatic rings. The van der Waals surface area contributed by atoms with Crippen LogP contribution in [0, 0.1) is 11.8 Å². The van der Waals surface area contributed by atoms with E-state index in [1.807, 2.05) is 71.9 Å². The topological polar surface area (TPSA) is 296 Å². The summed E-state index contributed by atoms with van der Waals surface area (Å²) in [4.78, 5) is 90.3. The molecule has 0 saturated carbocycles. The van der Waals surface area contributed by atoms with E-state index in [1.54, 1.807) is 0 Å². The molecule has 1 unspecified atom stereocenters. The van der Waals surface area contributed by atoms with Crippen molar-refractivity contribution in [3.63, 3.8) is 0 Å². The monoisotopic (exact) mass is 834 g/mol. The lowest BCUT2D eigenvalue weighted by molar-refractivity contribution is -0.142. The second kappa shape index (κ2) is 27.9. The van der Waals surface area contributed by atoms with E-state index in [-0.39, 0.29) is 43.8 Å². The van der Waals surface area contributed by atoms with Crippen LogP contribution in [0.1, 0.15) is 105 Å². The average molecular weight is 834 g/mol. The van der Waals surface area contributed by atoms with E-state index < -0.39 is 90.2 Å². The fourth-order valence-electron chi connectivity index (χ4n) is 6.17. The maximum atomic E-state index is 14.0. The third-order valence-electron chi connectivity index (χ3n) is 9.55. The second-order valence-corrected chi connectivity index (χ2v) is 16.0. The molecule has 0 radical (unpaired) electrons. The Kier molecular flexibility index (Phi) is 24.8. The van der Waals surface area contributed by atoms with Crippen molar-refractivity contribution in [3.8, 4) is 0 Å². The van der Waals surface area contributed by atoms with E-state index >= 15 is 0 Å². The molecular weight excluding hydrogens is 763 g/mol. The number of rotatable bonds is 30. The van der Waals surface area contributed by atoms with Gasteiger partial charge in [0.25, 0.3) is 0 Å². The van der Waals surface area contributed by atoms with Gasteiger partial charge in [-0.3, -0.25) is 28.8 Å². The van der Waals surface area contributed by atoms with Crippen LogP contribution in [-0.4, -0.2) is 113 Å². The van der Waals surface area contributed by atoms with Gasteiger partial charge in [-0.2, -0.15) is 0 Å². The number of carboxylic acids is 2. The summed E-state index contributed by atoms with van der Waals surface area (Å²) in [6.07, 6.45) is 2.19. The lowest BCUT2D eigenvalue weighted by Gasteiger charge is -2.29. The fraction of sp³-hybridized carbons (Fsp3) is 0.683. The minimum absolute atomic E-state index is 0.117. The summed E-state index contributed by atoms with van der Waals surface area (Å²) in [6, 6.07) is 2.19. The highest BCUT2D eigenvalue weighted by Crippen LogP contribution is 2.11. The summed E-state index contributed by atoms with van der Waals surface area (Å²) in [5, 5.41) is 38.7. The van der Waals surface area contributed by atoms with Gasteiger partial charge in [0.15, 0.2) is 0 Å². The van der Waals surface area contributed by atoms with Crippen LogP contribution in [0.25, 0.3) is 0 Å². The molecule has 0 saturated heterocycles. The van der Waals surface area contributed by atoms with E-state index in [9.17, 15) is 43.8 Å². The van der Waals surface area contributed by atoms with Gasteiger partial charge in [-0.15, -0.1) is 0 Å². The average Bonchev–Trinajstić information content (AvgIpc) is 3.16. The number of aliphatic carboxylic acids is 2. The first-order valence-corrected chi connectivity index (χ1v) is 20.7. The first-order chi connectivity index (χ1) is 27.7. The molecule has 8 atom stereocenters. The molecule has 0 aliphatic carbocycles. The van der Waals surface area contributed by atoms with Crippen LogP contribution >= 0.6 is 0 Å². The molecule has 0 aliphatic rings. The molecule has 0 fully saturated rings. The number of carboxylic acid groups (broad SMARTS) is 2. The number of carbonyl (C=O) groups is 7.